The van der Waals surface area contributed by atoms with Crippen molar-refractivity contribution in [1.82, 2.24) is 0 Å². The van der Waals surface area contributed by atoms with Crippen LogP contribution in [0.2, 0.25) is 0 Å². The number of esters is 1. The summed E-state index contributed by atoms with van der Waals surface area (Å²) >= 11 is 1.45. The van der Waals surface area contributed by atoms with Crippen LogP contribution in [0.1, 0.15) is 20.7 Å². The molecule has 86 valence electrons. The molecule has 5 nitrogen and oxygen atoms in total. The van der Waals surface area contributed by atoms with Gasteiger partial charge in [-0.2, -0.15) is 0 Å². The number of carbonyl (C=O) groups excluding carboxylic acids is 2. The molecule has 0 unspecified atom stereocenters. The summed E-state index contributed by atoms with van der Waals surface area (Å²) in [5, 5.41) is 0. The molecule has 0 fully saturated rings. The van der Waals surface area contributed by atoms with Gasteiger partial charge in [-0.25, -0.2) is 9.59 Å². The van der Waals surface area contributed by atoms with Crippen molar-refractivity contribution in [3.63, 3.8) is 0 Å². The molecule has 0 atom stereocenters. The largest absolute Gasteiger partial charge is 0.497 e. The van der Waals surface area contributed by atoms with Gasteiger partial charge in [-0.05, 0) is 18.2 Å². The van der Waals surface area contributed by atoms with Crippen LogP contribution in [0.4, 0.5) is 0 Å². The highest BCUT2D eigenvalue weighted by Crippen LogP contribution is 2.20. The molecule has 0 aliphatic rings. The smallest absolute Gasteiger partial charge is 0.348 e. The van der Waals surface area contributed by atoms with Crippen LogP contribution in [0.5, 0.6) is 5.75 Å². The highest BCUT2D eigenvalue weighted by molar-refractivity contribution is 14.1. The van der Waals surface area contributed by atoms with E-state index in [0.29, 0.717) is 5.75 Å². The van der Waals surface area contributed by atoms with Gasteiger partial charge >= 0.3 is 11.9 Å². The molecular weight excluding hydrogens is 327 g/mol. The third-order valence-electron chi connectivity index (χ3n) is 1.92. The number of carbonyl (C=O) groups is 2. The minimum absolute atomic E-state index is 0.112. The van der Waals surface area contributed by atoms with Crippen molar-refractivity contribution in [1.29, 1.82) is 0 Å². The molecule has 0 heterocycles. The average Bonchev–Trinajstić information content (AvgIpc) is 2.36. The molecule has 1 aromatic carbocycles. The number of halogens is 1. The fourth-order valence-electron chi connectivity index (χ4n) is 1.15. The summed E-state index contributed by atoms with van der Waals surface area (Å²) in [6.07, 6.45) is 0. The zero-order chi connectivity index (χ0) is 12.1. The monoisotopic (exact) mass is 336 g/mol. The zero-order valence-corrected chi connectivity index (χ0v) is 10.8. The van der Waals surface area contributed by atoms with Gasteiger partial charge in [0, 0.05) is 0 Å². The standard InChI is InChI=1S/C10H9IO5/c1-14-6-3-4-7(9(12)15-2)8(5-6)10(13)16-11/h3-5H,1-2H3. The predicted molar refractivity (Wildman–Crippen MR) is 63.8 cm³/mol. The van der Waals surface area contributed by atoms with Crippen LogP contribution in [0.3, 0.4) is 0 Å². The maximum absolute atomic E-state index is 11.4. The minimum atomic E-state index is -0.625. The number of ether oxygens (including phenoxy) is 2. The van der Waals surface area contributed by atoms with E-state index in [1.165, 1.54) is 49.4 Å². The number of methoxy groups -OCH3 is 2. The van der Waals surface area contributed by atoms with E-state index >= 15 is 0 Å². The molecule has 0 saturated carbocycles. The quantitative estimate of drug-likeness (QED) is 0.624. The van der Waals surface area contributed by atoms with Gasteiger partial charge < -0.3 is 12.5 Å². The van der Waals surface area contributed by atoms with Crippen LogP contribution < -0.4 is 4.74 Å². The molecule has 0 N–H and O–H groups in total. The number of benzene rings is 1. The number of rotatable bonds is 3. The third kappa shape index (κ3) is 2.63. The van der Waals surface area contributed by atoms with E-state index in [4.69, 9.17) is 4.74 Å². The highest BCUT2D eigenvalue weighted by atomic mass is 127. The molecule has 0 aromatic heterocycles. The Morgan fingerprint density at radius 2 is 1.81 bits per heavy atom. The molecule has 0 amide bonds. The number of hydrogen-bond donors (Lipinski definition) is 0. The Balaban J connectivity index is 3.26. The molecule has 0 aliphatic carbocycles. The summed E-state index contributed by atoms with van der Waals surface area (Å²) < 4.78 is 14.0. The van der Waals surface area contributed by atoms with E-state index in [9.17, 15) is 9.59 Å². The zero-order valence-electron chi connectivity index (χ0n) is 8.65. The van der Waals surface area contributed by atoms with Crippen LogP contribution in [-0.4, -0.2) is 26.2 Å². The van der Waals surface area contributed by atoms with Crippen molar-refractivity contribution >= 4 is 34.9 Å². The summed E-state index contributed by atoms with van der Waals surface area (Å²) in [6.45, 7) is 0. The molecule has 0 spiro atoms. The predicted octanol–water partition coefficient (Wildman–Crippen LogP) is 1.99. The molecule has 16 heavy (non-hydrogen) atoms. The Morgan fingerprint density at radius 1 is 1.12 bits per heavy atom. The molecule has 1 aromatic rings. The first kappa shape index (κ1) is 12.8. The lowest BCUT2D eigenvalue weighted by molar-refractivity contribution is 0.0591. The first-order valence-corrected chi connectivity index (χ1v) is 5.11. The highest BCUT2D eigenvalue weighted by Gasteiger charge is 2.19. The van der Waals surface area contributed by atoms with Crippen molar-refractivity contribution in [2.24, 2.45) is 0 Å². The van der Waals surface area contributed by atoms with E-state index in [1.54, 1.807) is 6.07 Å². The molecule has 6 heteroatoms. The van der Waals surface area contributed by atoms with Gasteiger partial charge in [0.25, 0.3) is 0 Å². The van der Waals surface area contributed by atoms with Crippen molar-refractivity contribution < 1.29 is 22.1 Å². The van der Waals surface area contributed by atoms with E-state index in [0.717, 1.165) is 0 Å². The first-order chi connectivity index (χ1) is 7.63. The molecule has 0 aliphatic heterocycles. The third-order valence-corrected chi connectivity index (χ3v) is 2.32. The second kappa shape index (κ2) is 5.69. The van der Waals surface area contributed by atoms with Gasteiger partial charge in [0.15, 0.2) is 23.0 Å². The second-order valence-corrected chi connectivity index (χ2v) is 3.21. The molecule has 1 rings (SSSR count). The van der Waals surface area contributed by atoms with E-state index in [1.807, 2.05) is 0 Å². The van der Waals surface area contributed by atoms with Crippen LogP contribution in [0, 0.1) is 0 Å². The fourth-order valence-corrected chi connectivity index (χ4v) is 1.39. The Hall–Kier alpha value is -1.31. The second-order valence-electron chi connectivity index (χ2n) is 2.77. The van der Waals surface area contributed by atoms with Crippen LogP contribution in [0.25, 0.3) is 0 Å². The topological polar surface area (TPSA) is 61.8 Å². The Kier molecular flexibility index (Phi) is 4.53. The van der Waals surface area contributed by atoms with E-state index in [-0.39, 0.29) is 11.1 Å². The SMILES string of the molecule is COC(=O)c1ccc(OC)cc1C(=O)OI. The van der Waals surface area contributed by atoms with Crippen LogP contribution >= 0.6 is 23.0 Å². The normalized spacial score (nSPS) is 9.44. The number of hydrogen-bond acceptors (Lipinski definition) is 5. The summed E-state index contributed by atoms with van der Waals surface area (Å²) in [4.78, 5) is 22.8. The average molecular weight is 336 g/mol. The maximum atomic E-state index is 11.4. The molecular formula is C10H9IO5. The van der Waals surface area contributed by atoms with Crippen molar-refractivity contribution in [2.45, 2.75) is 0 Å². The Bertz CT molecular complexity index is 416. The summed E-state index contributed by atoms with van der Waals surface area (Å²) in [6, 6.07) is 4.44. The Labute approximate surface area is 106 Å². The maximum Gasteiger partial charge on any atom is 0.348 e. The lowest BCUT2D eigenvalue weighted by Gasteiger charge is -2.07. The molecule has 0 bridgehead atoms. The first-order valence-electron chi connectivity index (χ1n) is 4.23. The van der Waals surface area contributed by atoms with Crippen molar-refractivity contribution in [3.05, 3.63) is 29.3 Å². The fraction of sp³-hybridized carbons (Fsp3) is 0.200. The molecule has 0 saturated heterocycles. The van der Waals surface area contributed by atoms with Crippen molar-refractivity contribution in [2.75, 3.05) is 14.2 Å². The van der Waals surface area contributed by atoms with Crippen LogP contribution in [-0.2, 0) is 7.80 Å². The Morgan fingerprint density at radius 3 is 2.31 bits per heavy atom. The van der Waals surface area contributed by atoms with E-state index in [2.05, 4.69) is 7.80 Å². The van der Waals surface area contributed by atoms with Gasteiger partial charge in [-0.15, -0.1) is 0 Å². The van der Waals surface area contributed by atoms with Crippen molar-refractivity contribution in [3.8, 4) is 5.75 Å². The van der Waals surface area contributed by atoms with Gasteiger partial charge in [0.2, 0.25) is 0 Å². The molecule has 0 radical (unpaired) electrons. The lowest BCUT2D eigenvalue weighted by Crippen LogP contribution is -2.10. The van der Waals surface area contributed by atoms with Gasteiger partial charge in [-0.3, -0.25) is 0 Å². The van der Waals surface area contributed by atoms with Gasteiger partial charge in [0.05, 0.1) is 25.3 Å². The summed E-state index contributed by atoms with van der Waals surface area (Å²) in [7, 11) is 2.71. The summed E-state index contributed by atoms with van der Waals surface area (Å²) in [5.41, 5.74) is 0.255. The van der Waals surface area contributed by atoms with E-state index < -0.39 is 11.9 Å². The summed E-state index contributed by atoms with van der Waals surface area (Å²) in [5.74, 6) is -0.760. The minimum Gasteiger partial charge on any atom is -0.497 e. The van der Waals surface area contributed by atoms with Gasteiger partial charge in [-0.1, -0.05) is 0 Å². The van der Waals surface area contributed by atoms with Crippen LogP contribution in [0.15, 0.2) is 18.2 Å². The van der Waals surface area contributed by atoms with Gasteiger partial charge in [0.1, 0.15) is 5.75 Å². The lowest BCUT2D eigenvalue weighted by atomic mass is 10.1.